The van der Waals surface area contributed by atoms with Gasteiger partial charge in [-0.15, -0.1) is 0 Å². The number of aromatic nitrogens is 2. The zero-order chi connectivity index (χ0) is 19.5. The van der Waals surface area contributed by atoms with Gasteiger partial charge in [0.05, 0.1) is 0 Å². The number of fused-ring (bicyclic) bond motifs is 1. The molecule has 28 heavy (non-hydrogen) atoms. The molecule has 2 aromatic carbocycles. The van der Waals surface area contributed by atoms with Crippen molar-refractivity contribution in [2.45, 2.75) is 6.54 Å². The lowest BCUT2D eigenvalue weighted by molar-refractivity contribution is 0.0690. The van der Waals surface area contributed by atoms with E-state index in [1.54, 1.807) is 24.3 Å². The summed E-state index contributed by atoms with van der Waals surface area (Å²) < 4.78 is 11.4. The summed E-state index contributed by atoms with van der Waals surface area (Å²) >= 11 is 6.15. The van der Waals surface area contributed by atoms with Gasteiger partial charge >= 0.3 is 5.97 Å². The first kappa shape index (κ1) is 17.8. The molecule has 140 valence electrons. The second-order valence-electron chi connectivity index (χ2n) is 5.88. The summed E-state index contributed by atoms with van der Waals surface area (Å²) in [5, 5.41) is 12.8. The van der Waals surface area contributed by atoms with Crippen molar-refractivity contribution in [1.29, 1.82) is 0 Å². The van der Waals surface area contributed by atoms with E-state index in [4.69, 9.17) is 25.9 Å². The highest BCUT2D eigenvalue weighted by Gasteiger charge is 2.10. The molecule has 2 aromatic heterocycles. The number of hydrogen-bond donors (Lipinski definition) is 2. The van der Waals surface area contributed by atoms with Crippen LogP contribution in [0, 0.1) is 0 Å². The van der Waals surface area contributed by atoms with Crippen molar-refractivity contribution in [1.82, 2.24) is 9.97 Å². The zero-order valence-electron chi connectivity index (χ0n) is 14.4. The van der Waals surface area contributed by atoms with Crippen LogP contribution in [0.4, 0.5) is 6.01 Å². The van der Waals surface area contributed by atoms with Gasteiger partial charge in [-0.1, -0.05) is 29.8 Å². The van der Waals surface area contributed by atoms with Crippen LogP contribution < -0.4 is 10.1 Å². The Morgan fingerprint density at radius 1 is 1.14 bits per heavy atom. The van der Waals surface area contributed by atoms with Gasteiger partial charge in [0.2, 0.25) is 0 Å². The average molecular weight is 396 g/mol. The second kappa shape index (κ2) is 7.58. The number of oxazole rings is 1. The first-order valence-corrected chi connectivity index (χ1v) is 8.71. The Kier molecular flexibility index (Phi) is 4.82. The highest BCUT2D eigenvalue weighted by molar-refractivity contribution is 6.31. The lowest BCUT2D eigenvalue weighted by Crippen LogP contribution is -1.99. The summed E-state index contributed by atoms with van der Waals surface area (Å²) in [4.78, 5) is 19.2. The summed E-state index contributed by atoms with van der Waals surface area (Å²) in [5.41, 5.74) is 2.04. The highest BCUT2D eigenvalue weighted by atomic mass is 35.5. The monoisotopic (exact) mass is 395 g/mol. The summed E-state index contributed by atoms with van der Waals surface area (Å²) in [6, 6.07) is 16.0. The zero-order valence-corrected chi connectivity index (χ0v) is 15.2. The molecule has 0 unspecified atom stereocenters. The molecule has 0 bridgehead atoms. The van der Waals surface area contributed by atoms with Gasteiger partial charge in [-0.25, -0.2) is 9.78 Å². The maximum atomic E-state index is 11.0. The maximum absolute atomic E-state index is 11.0. The lowest BCUT2D eigenvalue weighted by atomic mass is 10.2. The molecule has 0 aliphatic carbocycles. The predicted octanol–water partition coefficient (Wildman–Crippen LogP) is 4.98. The summed E-state index contributed by atoms with van der Waals surface area (Å²) in [5.74, 6) is -0.266. The SMILES string of the molecule is O=C(O)c1cc(Oc2ccc3nc(NCc4ccccc4Cl)oc3c2)ccn1. The number of halogens is 1. The number of ether oxygens (including phenoxy) is 1. The normalized spacial score (nSPS) is 10.8. The number of nitrogens with zero attached hydrogens (tertiary/aromatic N) is 2. The minimum Gasteiger partial charge on any atom is -0.477 e. The molecule has 4 rings (SSSR count). The first-order chi connectivity index (χ1) is 13.6. The van der Waals surface area contributed by atoms with Crippen molar-refractivity contribution in [2.75, 3.05) is 5.32 Å². The standard InChI is InChI=1S/C20H14ClN3O4/c21-15-4-2-1-3-12(15)11-23-20-24-16-6-5-13(10-18(16)28-20)27-14-7-8-22-17(9-14)19(25)26/h1-10H,11H2,(H,23,24)(H,25,26). The van der Waals surface area contributed by atoms with Crippen LogP contribution in [-0.2, 0) is 6.54 Å². The number of carboxylic acids is 1. The largest absolute Gasteiger partial charge is 0.477 e. The van der Waals surface area contributed by atoms with Crippen LogP contribution in [0.2, 0.25) is 5.02 Å². The van der Waals surface area contributed by atoms with Crippen LogP contribution in [-0.4, -0.2) is 21.0 Å². The van der Waals surface area contributed by atoms with Crippen LogP contribution in [0.1, 0.15) is 16.1 Å². The molecule has 0 fully saturated rings. The molecule has 0 atom stereocenters. The smallest absolute Gasteiger partial charge is 0.354 e. The molecule has 4 aromatic rings. The van der Waals surface area contributed by atoms with Gasteiger partial charge in [-0.3, -0.25) is 0 Å². The Balaban J connectivity index is 1.51. The van der Waals surface area contributed by atoms with E-state index in [1.165, 1.54) is 12.3 Å². The lowest BCUT2D eigenvalue weighted by Gasteiger charge is -2.05. The summed E-state index contributed by atoms with van der Waals surface area (Å²) in [7, 11) is 0. The molecule has 0 aliphatic heterocycles. The molecular formula is C20H14ClN3O4. The van der Waals surface area contributed by atoms with Crippen LogP contribution in [0.5, 0.6) is 11.5 Å². The average Bonchev–Trinajstić information content (AvgIpc) is 3.10. The van der Waals surface area contributed by atoms with E-state index in [0.29, 0.717) is 40.2 Å². The molecule has 8 heteroatoms. The minimum absolute atomic E-state index is 0.0932. The predicted molar refractivity (Wildman–Crippen MR) is 104 cm³/mol. The van der Waals surface area contributed by atoms with Crippen molar-refractivity contribution in [3.05, 3.63) is 77.1 Å². The van der Waals surface area contributed by atoms with E-state index >= 15 is 0 Å². The molecule has 7 nitrogen and oxygen atoms in total. The molecule has 0 aliphatic rings. The van der Waals surface area contributed by atoms with Crippen molar-refractivity contribution in [2.24, 2.45) is 0 Å². The van der Waals surface area contributed by atoms with Crippen LogP contribution in [0.15, 0.2) is 65.2 Å². The van der Waals surface area contributed by atoms with Gasteiger partial charge in [0, 0.05) is 29.9 Å². The third-order valence-electron chi connectivity index (χ3n) is 3.93. The molecule has 2 heterocycles. The molecule has 2 N–H and O–H groups in total. The van der Waals surface area contributed by atoms with E-state index in [1.807, 2.05) is 24.3 Å². The molecule has 0 spiro atoms. The number of carboxylic acid groups (broad SMARTS) is 1. The van der Waals surface area contributed by atoms with Gasteiger partial charge < -0.3 is 19.6 Å². The van der Waals surface area contributed by atoms with Crippen LogP contribution in [0.25, 0.3) is 11.1 Å². The van der Waals surface area contributed by atoms with Gasteiger partial charge in [-0.05, 0) is 29.8 Å². The van der Waals surface area contributed by atoms with E-state index in [0.717, 1.165) is 5.56 Å². The summed E-state index contributed by atoms with van der Waals surface area (Å²) in [6.45, 7) is 0.477. The number of aromatic carboxylic acids is 1. The number of nitrogens with one attached hydrogen (secondary N) is 1. The van der Waals surface area contributed by atoms with Gasteiger partial charge in [0.15, 0.2) is 11.3 Å². The molecule has 0 amide bonds. The molecular weight excluding hydrogens is 382 g/mol. The number of anilines is 1. The fourth-order valence-corrected chi connectivity index (χ4v) is 2.79. The third kappa shape index (κ3) is 3.89. The summed E-state index contributed by atoms with van der Waals surface area (Å²) in [6.07, 6.45) is 1.38. The third-order valence-corrected chi connectivity index (χ3v) is 4.30. The highest BCUT2D eigenvalue weighted by Crippen LogP contribution is 2.28. The Labute approximate surface area is 164 Å². The molecule has 0 saturated carbocycles. The molecule has 0 radical (unpaired) electrons. The van der Waals surface area contributed by atoms with Crippen molar-refractivity contribution in [3.8, 4) is 11.5 Å². The van der Waals surface area contributed by atoms with Crippen molar-refractivity contribution in [3.63, 3.8) is 0 Å². The Morgan fingerprint density at radius 3 is 2.79 bits per heavy atom. The van der Waals surface area contributed by atoms with Gasteiger partial charge in [0.25, 0.3) is 6.01 Å². The number of hydrogen-bond acceptors (Lipinski definition) is 6. The maximum Gasteiger partial charge on any atom is 0.354 e. The number of carbonyl (C=O) groups is 1. The first-order valence-electron chi connectivity index (χ1n) is 8.33. The Bertz CT molecular complexity index is 1160. The molecule has 0 saturated heterocycles. The Hall–Kier alpha value is -3.58. The fraction of sp³-hybridized carbons (Fsp3) is 0.0500. The van der Waals surface area contributed by atoms with Crippen LogP contribution >= 0.6 is 11.6 Å². The fourth-order valence-electron chi connectivity index (χ4n) is 2.58. The Morgan fingerprint density at radius 2 is 1.96 bits per heavy atom. The van der Waals surface area contributed by atoms with Crippen molar-refractivity contribution >= 4 is 34.7 Å². The van der Waals surface area contributed by atoms with E-state index < -0.39 is 5.97 Å². The number of pyridine rings is 1. The van der Waals surface area contributed by atoms with Gasteiger partial charge in [-0.2, -0.15) is 4.98 Å². The number of rotatable bonds is 6. The van der Waals surface area contributed by atoms with E-state index in [-0.39, 0.29) is 5.69 Å². The number of benzene rings is 2. The topological polar surface area (TPSA) is 97.5 Å². The quantitative estimate of drug-likeness (QED) is 0.475. The van der Waals surface area contributed by atoms with E-state index in [9.17, 15) is 4.79 Å². The van der Waals surface area contributed by atoms with Crippen molar-refractivity contribution < 1.29 is 19.1 Å². The van der Waals surface area contributed by atoms with Gasteiger partial charge in [0.1, 0.15) is 17.0 Å². The van der Waals surface area contributed by atoms with E-state index in [2.05, 4.69) is 15.3 Å². The minimum atomic E-state index is -1.12. The second-order valence-corrected chi connectivity index (χ2v) is 6.28. The van der Waals surface area contributed by atoms with Crippen LogP contribution in [0.3, 0.4) is 0 Å².